The highest BCUT2D eigenvalue weighted by atomic mass is 16.4. The number of aliphatic hydroxyl groups is 2. The average Bonchev–Trinajstić information content (AvgIpc) is 3.10. The fourth-order valence-corrected chi connectivity index (χ4v) is 8.98. The number of carboxylic acid groups (broad SMARTS) is 1. The van der Waals surface area contributed by atoms with Crippen molar-refractivity contribution in [1.29, 1.82) is 0 Å². The number of fused-ring (bicyclic) bond motifs is 5. The zero-order valence-corrected chi connectivity index (χ0v) is 20.1. The van der Waals surface area contributed by atoms with Crippen LogP contribution in [0.25, 0.3) is 0 Å². The van der Waals surface area contributed by atoms with Crippen LogP contribution >= 0.6 is 0 Å². The highest BCUT2D eigenvalue weighted by Crippen LogP contribution is 2.68. The molecule has 6 heteroatoms. The molecule has 0 saturated heterocycles. The Balaban J connectivity index is 1.45. The Labute approximate surface area is 192 Å². The second-order valence-corrected chi connectivity index (χ2v) is 12.1. The zero-order chi connectivity index (χ0) is 23.3. The van der Waals surface area contributed by atoms with Crippen molar-refractivity contribution in [3.05, 3.63) is 0 Å². The van der Waals surface area contributed by atoms with Crippen LogP contribution in [0.5, 0.6) is 0 Å². The summed E-state index contributed by atoms with van der Waals surface area (Å²) in [5.74, 6) is 1.84. The quantitative estimate of drug-likeness (QED) is 0.496. The normalized spacial score (nSPS) is 46.5. The molecule has 0 radical (unpaired) electrons. The molecule has 0 aromatic rings. The van der Waals surface area contributed by atoms with Crippen molar-refractivity contribution in [2.45, 2.75) is 97.2 Å². The summed E-state index contributed by atoms with van der Waals surface area (Å²) in [7, 11) is 0. The largest absolute Gasteiger partial charge is 0.480 e. The maximum absolute atomic E-state index is 12.0. The van der Waals surface area contributed by atoms with Gasteiger partial charge in [-0.15, -0.1) is 0 Å². The van der Waals surface area contributed by atoms with Gasteiger partial charge in [-0.1, -0.05) is 20.8 Å². The number of nitrogens with one attached hydrogen (secondary N) is 1. The van der Waals surface area contributed by atoms with Crippen LogP contribution in [0.4, 0.5) is 0 Å². The number of hydrogen-bond donors (Lipinski definition) is 4. The fraction of sp³-hybridized carbons (Fsp3) is 0.923. The molecule has 0 aromatic heterocycles. The first-order valence-corrected chi connectivity index (χ1v) is 12.9. The summed E-state index contributed by atoms with van der Waals surface area (Å²) in [6.07, 6.45) is 9.12. The molecule has 0 heterocycles. The van der Waals surface area contributed by atoms with Crippen LogP contribution < -0.4 is 5.32 Å². The van der Waals surface area contributed by atoms with Gasteiger partial charge < -0.3 is 20.6 Å². The van der Waals surface area contributed by atoms with Gasteiger partial charge in [0, 0.05) is 6.42 Å². The highest BCUT2D eigenvalue weighted by molar-refractivity contribution is 5.81. The first-order chi connectivity index (χ1) is 15.1. The molecule has 4 rings (SSSR count). The van der Waals surface area contributed by atoms with Gasteiger partial charge in [0.2, 0.25) is 5.91 Å². The number of aliphatic carboxylic acids is 1. The molecule has 4 N–H and O–H groups in total. The average molecular weight is 450 g/mol. The molecule has 4 aliphatic carbocycles. The predicted octanol–water partition coefficient (Wildman–Crippen LogP) is 3.59. The number of rotatable bonds is 6. The van der Waals surface area contributed by atoms with Crippen molar-refractivity contribution in [2.24, 2.45) is 46.3 Å². The third kappa shape index (κ3) is 4.00. The molecule has 4 fully saturated rings. The minimum atomic E-state index is -1.02. The standard InChI is InChI=1S/C26H43NO5/c1-15(4-9-23(30)27-14-24(31)32)19-7-8-20-18-6-5-16-12-17(28)10-11-25(16,2)21(18)13-22(29)26(19,20)3/h15-22,28-29H,4-14H2,1-3H3,(H,27,30)(H,31,32)/t15-,16-,17-,18+,19+,20+,21+,22-,25-,26+/m0/s1. The van der Waals surface area contributed by atoms with Gasteiger partial charge in [-0.3, -0.25) is 9.59 Å². The van der Waals surface area contributed by atoms with E-state index >= 15 is 0 Å². The molecule has 182 valence electrons. The van der Waals surface area contributed by atoms with Crippen molar-refractivity contribution in [2.75, 3.05) is 6.54 Å². The molecular weight excluding hydrogens is 406 g/mol. The van der Waals surface area contributed by atoms with E-state index in [1.807, 2.05) is 0 Å². The SMILES string of the molecule is C[C@@H](CCC(=O)NCC(=O)O)[C@H]1CC[C@@H]2[C@H]3CC[C@H]4C[C@@H](O)CC[C@]4(C)[C@@H]3C[C@H](O)[C@@]21C. The third-order valence-electron chi connectivity index (χ3n) is 10.8. The number of carbonyl (C=O) groups is 2. The Morgan fingerprint density at radius 1 is 1.03 bits per heavy atom. The van der Waals surface area contributed by atoms with Crippen LogP contribution in [-0.4, -0.2) is 45.9 Å². The van der Waals surface area contributed by atoms with E-state index in [1.165, 1.54) is 12.8 Å². The second-order valence-electron chi connectivity index (χ2n) is 12.1. The van der Waals surface area contributed by atoms with Crippen molar-refractivity contribution < 1.29 is 24.9 Å². The van der Waals surface area contributed by atoms with Crippen LogP contribution in [0.15, 0.2) is 0 Å². The maximum atomic E-state index is 12.0. The van der Waals surface area contributed by atoms with Crippen LogP contribution in [0.3, 0.4) is 0 Å². The minimum Gasteiger partial charge on any atom is -0.480 e. The monoisotopic (exact) mass is 449 g/mol. The Kier molecular flexibility index (Phi) is 6.68. The summed E-state index contributed by atoms with van der Waals surface area (Å²) in [6, 6.07) is 0. The lowest BCUT2D eigenvalue weighted by Gasteiger charge is -2.62. The number of carbonyl (C=O) groups excluding carboxylic acids is 1. The summed E-state index contributed by atoms with van der Waals surface area (Å²) in [6.45, 7) is 6.65. The first-order valence-electron chi connectivity index (χ1n) is 12.9. The molecule has 0 spiro atoms. The van der Waals surface area contributed by atoms with E-state index in [0.29, 0.717) is 41.9 Å². The van der Waals surface area contributed by atoms with Gasteiger partial charge in [-0.05, 0) is 104 Å². The Morgan fingerprint density at radius 2 is 1.78 bits per heavy atom. The van der Waals surface area contributed by atoms with Crippen molar-refractivity contribution in [1.82, 2.24) is 5.32 Å². The molecule has 4 aliphatic rings. The van der Waals surface area contributed by atoms with Gasteiger partial charge in [0.25, 0.3) is 0 Å². The molecule has 32 heavy (non-hydrogen) atoms. The Hall–Kier alpha value is -1.14. The van der Waals surface area contributed by atoms with E-state index in [1.54, 1.807) is 0 Å². The first kappa shape index (κ1) is 24.0. The molecule has 0 aliphatic heterocycles. The molecule has 0 unspecified atom stereocenters. The van der Waals surface area contributed by atoms with Crippen molar-refractivity contribution >= 4 is 11.9 Å². The summed E-state index contributed by atoms with van der Waals surface area (Å²) in [4.78, 5) is 22.7. The molecule has 4 saturated carbocycles. The molecule has 0 aromatic carbocycles. The summed E-state index contributed by atoms with van der Waals surface area (Å²) >= 11 is 0. The Bertz CT molecular complexity index is 727. The van der Waals surface area contributed by atoms with E-state index in [9.17, 15) is 19.8 Å². The topological polar surface area (TPSA) is 107 Å². The predicted molar refractivity (Wildman–Crippen MR) is 122 cm³/mol. The van der Waals surface area contributed by atoms with E-state index in [4.69, 9.17) is 5.11 Å². The maximum Gasteiger partial charge on any atom is 0.322 e. The van der Waals surface area contributed by atoms with E-state index in [2.05, 4.69) is 26.1 Å². The van der Waals surface area contributed by atoms with Gasteiger partial charge in [0.15, 0.2) is 0 Å². The molecular formula is C26H43NO5. The van der Waals surface area contributed by atoms with Crippen molar-refractivity contribution in [3.8, 4) is 0 Å². The smallest absolute Gasteiger partial charge is 0.322 e. The molecule has 10 atom stereocenters. The van der Waals surface area contributed by atoms with Crippen LogP contribution in [-0.2, 0) is 9.59 Å². The highest BCUT2D eigenvalue weighted by Gasteiger charge is 2.63. The second kappa shape index (κ2) is 8.90. The van der Waals surface area contributed by atoms with Crippen molar-refractivity contribution in [3.63, 3.8) is 0 Å². The lowest BCUT2D eigenvalue weighted by Crippen LogP contribution is -2.58. The minimum absolute atomic E-state index is 0.102. The summed E-state index contributed by atoms with van der Waals surface area (Å²) in [5.41, 5.74) is 0.145. The molecule has 1 amide bonds. The zero-order valence-electron chi connectivity index (χ0n) is 20.1. The van der Waals surface area contributed by atoms with Crippen LogP contribution in [0, 0.1) is 46.3 Å². The number of carboxylic acids is 1. The third-order valence-corrected chi connectivity index (χ3v) is 10.8. The fourth-order valence-electron chi connectivity index (χ4n) is 8.98. The van der Waals surface area contributed by atoms with Gasteiger partial charge in [0.1, 0.15) is 6.54 Å². The molecule has 6 nitrogen and oxygen atoms in total. The lowest BCUT2D eigenvalue weighted by atomic mass is 9.43. The van der Waals surface area contributed by atoms with E-state index in [0.717, 1.165) is 44.9 Å². The van der Waals surface area contributed by atoms with E-state index < -0.39 is 5.97 Å². The van der Waals surface area contributed by atoms with Gasteiger partial charge >= 0.3 is 5.97 Å². The summed E-state index contributed by atoms with van der Waals surface area (Å²) in [5, 5.41) is 33.0. The van der Waals surface area contributed by atoms with E-state index in [-0.39, 0.29) is 35.5 Å². The molecule has 0 bridgehead atoms. The number of aliphatic hydroxyl groups excluding tert-OH is 2. The number of hydrogen-bond acceptors (Lipinski definition) is 4. The number of amides is 1. The van der Waals surface area contributed by atoms with Gasteiger partial charge in [-0.2, -0.15) is 0 Å². The van der Waals surface area contributed by atoms with Crippen LogP contribution in [0.1, 0.15) is 85.0 Å². The summed E-state index contributed by atoms with van der Waals surface area (Å²) < 4.78 is 0. The van der Waals surface area contributed by atoms with Gasteiger partial charge in [-0.25, -0.2) is 0 Å². The Morgan fingerprint density at radius 3 is 2.50 bits per heavy atom. The lowest BCUT2D eigenvalue weighted by molar-refractivity contribution is -0.175. The van der Waals surface area contributed by atoms with Gasteiger partial charge in [0.05, 0.1) is 12.2 Å². The van der Waals surface area contributed by atoms with Crippen LogP contribution in [0.2, 0.25) is 0 Å².